The van der Waals surface area contributed by atoms with Crippen LogP contribution in [-0.4, -0.2) is 55.0 Å². The molecule has 1 saturated heterocycles. The van der Waals surface area contributed by atoms with Crippen molar-refractivity contribution in [2.45, 2.75) is 25.5 Å². The minimum absolute atomic E-state index is 0.0722. The molecule has 1 aliphatic heterocycles. The van der Waals surface area contributed by atoms with Crippen LogP contribution < -0.4 is 4.74 Å². The zero-order valence-corrected chi connectivity index (χ0v) is 16.2. The molecule has 0 saturated carbocycles. The monoisotopic (exact) mass is 397 g/mol. The quantitative estimate of drug-likeness (QED) is 0.554. The Hall–Kier alpha value is -2.91. The highest BCUT2D eigenvalue weighted by atomic mass is 32.1. The molecule has 8 nitrogen and oxygen atoms in total. The van der Waals surface area contributed by atoms with Crippen molar-refractivity contribution in [3.63, 3.8) is 0 Å². The van der Waals surface area contributed by atoms with Crippen LogP contribution in [0.5, 0.6) is 5.06 Å². The molecular formula is C19H19N5O3S. The second-order valence-electron chi connectivity index (χ2n) is 6.91. The third-order valence-corrected chi connectivity index (χ3v) is 6.25. The van der Waals surface area contributed by atoms with Gasteiger partial charge >= 0.3 is 0 Å². The zero-order valence-electron chi connectivity index (χ0n) is 15.4. The number of methoxy groups -OCH3 is 1. The highest BCUT2D eigenvalue weighted by Crippen LogP contribution is 2.39. The Morgan fingerprint density at radius 1 is 1.36 bits per heavy atom. The Morgan fingerprint density at radius 2 is 2.21 bits per heavy atom. The predicted octanol–water partition coefficient (Wildman–Crippen LogP) is 2.60. The van der Waals surface area contributed by atoms with Crippen LogP contribution in [0.25, 0.3) is 27.3 Å². The Kier molecular flexibility index (Phi) is 3.88. The molecular weight excluding hydrogens is 378 g/mol. The van der Waals surface area contributed by atoms with Crippen molar-refractivity contribution in [1.29, 1.82) is 0 Å². The normalized spacial score (nSPS) is 19.8. The lowest BCUT2D eigenvalue weighted by Gasteiger charge is -2.22. The van der Waals surface area contributed by atoms with Gasteiger partial charge in [0.05, 0.1) is 41.4 Å². The summed E-state index contributed by atoms with van der Waals surface area (Å²) in [5, 5.41) is 11.0. The molecule has 0 bridgehead atoms. The highest BCUT2D eigenvalue weighted by Gasteiger charge is 2.37. The summed E-state index contributed by atoms with van der Waals surface area (Å²) in [6.45, 7) is 1.84. The molecule has 2 unspecified atom stereocenters. The maximum atomic E-state index is 12.2. The summed E-state index contributed by atoms with van der Waals surface area (Å²) in [6.07, 6.45) is 3.52. The van der Waals surface area contributed by atoms with Gasteiger partial charge in [0.25, 0.3) is 0 Å². The van der Waals surface area contributed by atoms with Gasteiger partial charge in [-0.1, -0.05) is 11.3 Å². The van der Waals surface area contributed by atoms with E-state index in [4.69, 9.17) is 9.72 Å². The van der Waals surface area contributed by atoms with E-state index in [2.05, 4.69) is 9.97 Å². The average molecular weight is 397 g/mol. The van der Waals surface area contributed by atoms with Crippen LogP contribution in [0.2, 0.25) is 0 Å². The number of H-pyrrole nitrogens is 1. The lowest BCUT2D eigenvalue weighted by atomic mass is 10.2. The molecule has 28 heavy (non-hydrogen) atoms. The SMILES string of the molecule is COc1ccc(-c2nc(C3CC(O)CN3C(C)=O)n3c2cnc2[nH]ccc23)s1. The van der Waals surface area contributed by atoms with Gasteiger partial charge in [0.1, 0.15) is 11.5 Å². The molecule has 0 spiro atoms. The molecule has 4 aromatic heterocycles. The number of aliphatic hydroxyl groups excluding tert-OH is 1. The molecule has 144 valence electrons. The number of hydrogen-bond acceptors (Lipinski definition) is 6. The van der Waals surface area contributed by atoms with Gasteiger partial charge in [0, 0.05) is 26.1 Å². The van der Waals surface area contributed by atoms with Crippen LogP contribution in [0.1, 0.15) is 25.2 Å². The van der Waals surface area contributed by atoms with E-state index in [0.717, 1.165) is 38.1 Å². The number of amides is 1. The number of aromatic nitrogens is 4. The van der Waals surface area contributed by atoms with E-state index >= 15 is 0 Å². The van der Waals surface area contributed by atoms with E-state index in [1.807, 2.05) is 28.8 Å². The van der Waals surface area contributed by atoms with Crippen LogP contribution in [0, 0.1) is 0 Å². The van der Waals surface area contributed by atoms with E-state index in [9.17, 15) is 9.90 Å². The van der Waals surface area contributed by atoms with E-state index in [1.165, 1.54) is 18.3 Å². The van der Waals surface area contributed by atoms with Gasteiger partial charge in [-0.25, -0.2) is 9.97 Å². The number of rotatable bonds is 3. The molecule has 0 radical (unpaired) electrons. The number of carbonyl (C=O) groups is 1. The second kappa shape index (κ2) is 6.32. The van der Waals surface area contributed by atoms with Crippen molar-refractivity contribution < 1.29 is 14.6 Å². The summed E-state index contributed by atoms with van der Waals surface area (Å²) < 4.78 is 7.37. The van der Waals surface area contributed by atoms with Gasteiger partial charge in [-0.05, 0) is 18.2 Å². The lowest BCUT2D eigenvalue weighted by molar-refractivity contribution is -0.130. The fraction of sp³-hybridized carbons (Fsp3) is 0.316. The number of nitrogens with zero attached hydrogens (tertiary/aromatic N) is 4. The molecule has 1 amide bonds. The first kappa shape index (κ1) is 17.2. The summed E-state index contributed by atoms with van der Waals surface area (Å²) in [4.78, 5) is 27.4. The van der Waals surface area contributed by atoms with E-state index in [0.29, 0.717) is 13.0 Å². The smallest absolute Gasteiger partial charge is 0.220 e. The van der Waals surface area contributed by atoms with Gasteiger partial charge in [0.15, 0.2) is 10.7 Å². The van der Waals surface area contributed by atoms with Crippen LogP contribution in [0.3, 0.4) is 0 Å². The fourth-order valence-corrected chi connectivity index (χ4v) is 4.77. The van der Waals surface area contributed by atoms with Gasteiger partial charge in [-0.2, -0.15) is 0 Å². The maximum absolute atomic E-state index is 12.2. The average Bonchev–Trinajstić information content (AvgIpc) is 3.44. The van der Waals surface area contributed by atoms with Crippen LogP contribution >= 0.6 is 11.3 Å². The number of nitrogens with one attached hydrogen (secondary N) is 1. The van der Waals surface area contributed by atoms with E-state index in [1.54, 1.807) is 18.2 Å². The topological polar surface area (TPSA) is 95.8 Å². The molecule has 4 aromatic rings. The number of likely N-dealkylation sites (tertiary alicyclic amines) is 1. The predicted molar refractivity (Wildman–Crippen MR) is 105 cm³/mol. The zero-order chi connectivity index (χ0) is 19.4. The molecule has 5 rings (SSSR count). The summed E-state index contributed by atoms with van der Waals surface area (Å²) >= 11 is 1.51. The largest absolute Gasteiger partial charge is 0.487 e. The molecule has 0 aliphatic carbocycles. The summed E-state index contributed by atoms with van der Waals surface area (Å²) in [7, 11) is 1.64. The van der Waals surface area contributed by atoms with Crippen molar-refractivity contribution in [3.05, 3.63) is 36.4 Å². The number of β-amino-alcohol motifs (C(OH)–C–C–N with tert-alkyl or cyclic N) is 1. The van der Waals surface area contributed by atoms with Gasteiger partial charge < -0.3 is 19.7 Å². The number of hydrogen-bond donors (Lipinski definition) is 2. The number of carbonyl (C=O) groups excluding carboxylic acids is 1. The lowest BCUT2D eigenvalue weighted by Crippen LogP contribution is -2.30. The molecule has 2 atom stereocenters. The van der Waals surface area contributed by atoms with Crippen molar-refractivity contribution in [2.75, 3.05) is 13.7 Å². The Labute approximate surface area is 164 Å². The van der Waals surface area contributed by atoms with Crippen molar-refractivity contribution in [2.24, 2.45) is 0 Å². The third-order valence-electron chi connectivity index (χ3n) is 5.20. The van der Waals surface area contributed by atoms with Crippen LogP contribution in [-0.2, 0) is 4.79 Å². The Balaban J connectivity index is 1.78. The first-order valence-electron chi connectivity index (χ1n) is 9.00. The number of aromatic amines is 1. The third kappa shape index (κ3) is 2.50. The number of thiophene rings is 1. The molecule has 0 aromatic carbocycles. The minimum atomic E-state index is -0.560. The fourth-order valence-electron chi connectivity index (χ4n) is 3.95. The Morgan fingerprint density at radius 3 is 2.96 bits per heavy atom. The first-order valence-corrected chi connectivity index (χ1v) is 9.82. The maximum Gasteiger partial charge on any atom is 0.220 e. The van der Waals surface area contributed by atoms with E-state index < -0.39 is 6.10 Å². The summed E-state index contributed by atoms with van der Waals surface area (Å²) in [5.41, 5.74) is 3.29. The van der Waals surface area contributed by atoms with Gasteiger partial charge in [0.2, 0.25) is 5.91 Å². The number of aliphatic hydroxyl groups is 1. The molecule has 9 heteroatoms. The molecule has 2 N–H and O–H groups in total. The number of ether oxygens (including phenoxy) is 1. The van der Waals surface area contributed by atoms with Gasteiger partial charge in [-0.15, -0.1) is 0 Å². The van der Waals surface area contributed by atoms with Gasteiger partial charge in [-0.3, -0.25) is 9.20 Å². The highest BCUT2D eigenvalue weighted by molar-refractivity contribution is 7.17. The first-order chi connectivity index (χ1) is 13.6. The van der Waals surface area contributed by atoms with Crippen molar-refractivity contribution >= 4 is 33.9 Å². The summed E-state index contributed by atoms with van der Waals surface area (Å²) in [5.74, 6) is 0.660. The van der Waals surface area contributed by atoms with Crippen molar-refractivity contribution in [1.82, 2.24) is 24.3 Å². The molecule has 1 aliphatic rings. The Bertz CT molecular complexity index is 1190. The molecule has 5 heterocycles. The van der Waals surface area contributed by atoms with Crippen LogP contribution in [0.4, 0.5) is 0 Å². The minimum Gasteiger partial charge on any atom is -0.487 e. The van der Waals surface area contributed by atoms with Crippen LogP contribution in [0.15, 0.2) is 30.6 Å². The molecule has 1 fully saturated rings. The summed E-state index contributed by atoms with van der Waals surface area (Å²) in [6, 6.07) is 5.54. The second-order valence-corrected chi connectivity index (χ2v) is 7.95. The number of imidazole rings is 1. The number of fused-ring (bicyclic) bond motifs is 3. The van der Waals surface area contributed by atoms with E-state index in [-0.39, 0.29) is 11.9 Å². The van der Waals surface area contributed by atoms with Crippen molar-refractivity contribution in [3.8, 4) is 15.6 Å². The standard InChI is InChI=1S/C19H19N5O3S/c1-10(25)23-9-11(26)7-13(23)19-22-17(15-3-4-16(27-2)28-15)14-8-21-18-12(24(14)19)5-6-20-18/h3-6,8,11,13,20,26H,7,9H2,1-2H3.